The summed E-state index contributed by atoms with van der Waals surface area (Å²) < 4.78 is 65.7. The molecule has 0 heterocycles. The van der Waals surface area contributed by atoms with E-state index in [0.29, 0.717) is 0 Å². The molecule has 0 radical (unpaired) electrons. The predicted octanol–water partition coefficient (Wildman–Crippen LogP) is 2.28. The van der Waals surface area contributed by atoms with Crippen molar-refractivity contribution in [3.8, 4) is 0 Å². The van der Waals surface area contributed by atoms with Gasteiger partial charge in [-0.25, -0.2) is 22.0 Å². The Kier molecular flexibility index (Phi) is 5.04. The van der Waals surface area contributed by atoms with E-state index in [9.17, 15) is 31.9 Å². The van der Waals surface area contributed by atoms with Crippen molar-refractivity contribution in [2.45, 2.75) is 20.0 Å². The molecule has 1 rings (SSSR count). The normalized spacial score (nSPS) is 12.4. The third-order valence-corrected chi connectivity index (χ3v) is 2.83. The maximum Gasteiger partial charge on any atom is 0.256 e. The summed E-state index contributed by atoms with van der Waals surface area (Å²) in [6.07, 6.45) is -2.46. The third-order valence-electron chi connectivity index (χ3n) is 2.83. The number of carbonyl (C=O) groups excluding carboxylic acids is 1. The second-order valence-corrected chi connectivity index (χ2v) is 3.90. The van der Waals surface area contributed by atoms with Gasteiger partial charge < -0.3 is 10.0 Å². The minimum Gasteiger partial charge on any atom is -0.378 e. The monoisotopic (exact) mass is 297 g/mol. The third kappa shape index (κ3) is 2.60. The molecule has 1 unspecified atom stereocenters. The van der Waals surface area contributed by atoms with E-state index in [1.54, 1.807) is 0 Å². The zero-order valence-corrected chi connectivity index (χ0v) is 10.7. The Morgan fingerprint density at radius 3 is 1.65 bits per heavy atom. The minimum absolute atomic E-state index is 0.113. The van der Waals surface area contributed by atoms with Crippen molar-refractivity contribution in [2.24, 2.45) is 0 Å². The molecule has 0 bridgehead atoms. The van der Waals surface area contributed by atoms with Crippen LogP contribution in [0.4, 0.5) is 22.0 Å². The number of rotatable bonds is 4. The number of likely N-dealkylation sites (N-methyl/N-ethyl adjacent to an activating group) is 1. The van der Waals surface area contributed by atoms with Crippen LogP contribution < -0.4 is 0 Å². The number of aliphatic hydroxyl groups is 1. The highest BCUT2D eigenvalue weighted by Gasteiger charge is 2.34. The van der Waals surface area contributed by atoms with E-state index < -0.39 is 46.7 Å². The molecular formula is C12H12F5NO2. The first-order valence-electron chi connectivity index (χ1n) is 5.75. The number of nitrogens with zero attached hydrogens (tertiary/aromatic N) is 1. The molecule has 8 heteroatoms. The highest BCUT2D eigenvalue weighted by Crippen LogP contribution is 2.28. The van der Waals surface area contributed by atoms with Gasteiger partial charge in [0, 0.05) is 13.1 Å². The lowest BCUT2D eigenvalue weighted by Crippen LogP contribution is -2.35. The number of benzene rings is 1. The molecule has 0 saturated carbocycles. The summed E-state index contributed by atoms with van der Waals surface area (Å²) >= 11 is 0. The summed E-state index contributed by atoms with van der Waals surface area (Å²) in [5, 5.41) is 9.60. The van der Waals surface area contributed by atoms with Crippen LogP contribution in [0, 0.1) is 29.1 Å². The number of carbonyl (C=O) groups is 1. The molecule has 0 aliphatic heterocycles. The van der Waals surface area contributed by atoms with E-state index in [0.717, 1.165) is 4.90 Å². The van der Waals surface area contributed by atoms with Crippen LogP contribution in [0.15, 0.2) is 0 Å². The zero-order valence-electron chi connectivity index (χ0n) is 10.7. The van der Waals surface area contributed by atoms with Crippen molar-refractivity contribution in [3.05, 3.63) is 34.6 Å². The first kappa shape index (κ1) is 16.4. The lowest BCUT2D eigenvalue weighted by Gasteiger charge is -2.22. The Morgan fingerprint density at radius 1 is 0.950 bits per heavy atom. The number of hydrogen-bond donors (Lipinski definition) is 1. The number of amides is 1. The second kappa shape index (κ2) is 6.17. The molecule has 1 aromatic carbocycles. The van der Waals surface area contributed by atoms with Crippen molar-refractivity contribution in [1.82, 2.24) is 4.90 Å². The summed E-state index contributed by atoms with van der Waals surface area (Å²) in [5.41, 5.74) is -1.54. The smallest absolute Gasteiger partial charge is 0.256 e. The van der Waals surface area contributed by atoms with Crippen LogP contribution in [0.5, 0.6) is 0 Å². The molecule has 0 aliphatic rings. The Balaban J connectivity index is 3.37. The molecule has 3 nitrogen and oxygen atoms in total. The van der Waals surface area contributed by atoms with Crippen LogP contribution in [-0.2, 0) is 4.79 Å². The average Bonchev–Trinajstić information content (AvgIpc) is 2.44. The molecule has 0 saturated heterocycles. The van der Waals surface area contributed by atoms with E-state index in [4.69, 9.17) is 0 Å². The number of hydrogen-bond acceptors (Lipinski definition) is 2. The number of aliphatic hydroxyl groups excluding tert-OH is 1. The topological polar surface area (TPSA) is 40.5 Å². The van der Waals surface area contributed by atoms with Gasteiger partial charge in [0.05, 0.1) is 5.56 Å². The fourth-order valence-corrected chi connectivity index (χ4v) is 1.69. The highest BCUT2D eigenvalue weighted by atomic mass is 19.2. The molecular weight excluding hydrogens is 285 g/mol. The van der Waals surface area contributed by atoms with E-state index >= 15 is 0 Å². The molecule has 0 spiro atoms. The summed E-state index contributed by atoms with van der Waals surface area (Å²) in [7, 11) is 0. The first-order chi connectivity index (χ1) is 9.27. The summed E-state index contributed by atoms with van der Waals surface area (Å²) in [5.74, 6) is -12.3. The standard InChI is InChI=1S/C12H12F5NO2/c1-3-18(4-2)12(20)11(19)5-6(13)8(15)10(17)9(16)7(5)14/h11,19H,3-4H2,1-2H3. The maximum absolute atomic E-state index is 13.4. The van der Waals surface area contributed by atoms with E-state index in [1.165, 1.54) is 13.8 Å². The molecule has 20 heavy (non-hydrogen) atoms. The van der Waals surface area contributed by atoms with Crippen LogP contribution in [0.2, 0.25) is 0 Å². The Hall–Kier alpha value is -1.70. The van der Waals surface area contributed by atoms with Gasteiger partial charge in [-0.15, -0.1) is 0 Å². The van der Waals surface area contributed by atoms with Gasteiger partial charge in [0.1, 0.15) is 0 Å². The van der Waals surface area contributed by atoms with Crippen LogP contribution in [-0.4, -0.2) is 29.0 Å². The Labute approximate surface area is 111 Å². The van der Waals surface area contributed by atoms with Gasteiger partial charge in [-0.2, -0.15) is 0 Å². The van der Waals surface area contributed by atoms with Gasteiger partial charge >= 0.3 is 0 Å². The molecule has 0 fully saturated rings. The average molecular weight is 297 g/mol. The van der Waals surface area contributed by atoms with E-state index in [2.05, 4.69) is 0 Å². The molecule has 1 N–H and O–H groups in total. The molecule has 112 valence electrons. The van der Waals surface area contributed by atoms with Gasteiger partial charge in [0.25, 0.3) is 5.91 Å². The molecule has 0 aromatic heterocycles. The molecule has 1 amide bonds. The van der Waals surface area contributed by atoms with Gasteiger partial charge in [-0.1, -0.05) is 0 Å². The van der Waals surface area contributed by atoms with Gasteiger partial charge in [0.2, 0.25) is 5.82 Å². The molecule has 1 atom stereocenters. The number of halogens is 5. The van der Waals surface area contributed by atoms with Gasteiger partial charge in [-0.3, -0.25) is 4.79 Å². The SMILES string of the molecule is CCN(CC)C(=O)C(O)c1c(F)c(F)c(F)c(F)c1F. The van der Waals surface area contributed by atoms with Crippen molar-refractivity contribution >= 4 is 5.91 Å². The minimum atomic E-state index is -2.46. The summed E-state index contributed by atoms with van der Waals surface area (Å²) in [6.45, 7) is 3.29. The fourth-order valence-electron chi connectivity index (χ4n) is 1.69. The van der Waals surface area contributed by atoms with E-state index in [-0.39, 0.29) is 13.1 Å². The van der Waals surface area contributed by atoms with Crippen molar-refractivity contribution in [2.75, 3.05) is 13.1 Å². The summed E-state index contributed by atoms with van der Waals surface area (Å²) in [4.78, 5) is 12.7. The first-order valence-corrected chi connectivity index (χ1v) is 5.75. The molecule has 0 aliphatic carbocycles. The van der Waals surface area contributed by atoms with Crippen LogP contribution in [0.1, 0.15) is 25.5 Å². The lowest BCUT2D eigenvalue weighted by molar-refractivity contribution is -0.140. The zero-order chi connectivity index (χ0) is 15.6. The van der Waals surface area contributed by atoms with Crippen molar-refractivity contribution in [1.29, 1.82) is 0 Å². The van der Waals surface area contributed by atoms with Crippen LogP contribution in [0.3, 0.4) is 0 Å². The fraction of sp³-hybridized carbons (Fsp3) is 0.417. The quantitative estimate of drug-likeness (QED) is 0.526. The van der Waals surface area contributed by atoms with Gasteiger partial charge in [0.15, 0.2) is 29.4 Å². The largest absolute Gasteiger partial charge is 0.378 e. The molecule has 1 aromatic rings. The Morgan fingerprint density at radius 2 is 1.30 bits per heavy atom. The maximum atomic E-state index is 13.4. The van der Waals surface area contributed by atoms with Crippen LogP contribution >= 0.6 is 0 Å². The predicted molar refractivity (Wildman–Crippen MR) is 59.1 cm³/mol. The Bertz CT molecular complexity index is 502. The van der Waals surface area contributed by atoms with Crippen molar-refractivity contribution in [3.63, 3.8) is 0 Å². The second-order valence-electron chi connectivity index (χ2n) is 3.90. The lowest BCUT2D eigenvalue weighted by atomic mass is 10.1. The van der Waals surface area contributed by atoms with Gasteiger partial charge in [-0.05, 0) is 13.8 Å². The van der Waals surface area contributed by atoms with Crippen LogP contribution in [0.25, 0.3) is 0 Å². The van der Waals surface area contributed by atoms with E-state index in [1.807, 2.05) is 0 Å². The summed E-state index contributed by atoms with van der Waals surface area (Å²) in [6, 6.07) is 0. The highest BCUT2D eigenvalue weighted by molar-refractivity contribution is 5.82. The van der Waals surface area contributed by atoms with Crippen molar-refractivity contribution < 1.29 is 31.9 Å².